The van der Waals surface area contributed by atoms with Crippen LogP contribution in [0.4, 0.5) is 5.69 Å². The van der Waals surface area contributed by atoms with Gasteiger partial charge in [-0.2, -0.15) is 0 Å². The molecule has 1 nitrogen and oxygen atoms in total. The van der Waals surface area contributed by atoms with Crippen molar-refractivity contribution in [1.29, 1.82) is 0 Å². The summed E-state index contributed by atoms with van der Waals surface area (Å²) in [6, 6.07) is 52.3. The highest BCUT2D eigenvalue weighted by Gasteiger charge is 2.41. The van der Waals surface area contributed by atoms with Gasteiger partial charge in [-0.05, 0) is 57.9 Å². The van der Waals surface area contributed by atoms with E-state index in [1.165, 1.54) is 43.8 Å². The number of hydrogen-bond acceptors (Lipinski definition) is 1. The third-order valence-corrected chi connectivity index (χ3v) is 20.0. The van der Waals surface area contributed by atoms with Crippen molar-refractivity contribution in [2.24, 2.45) is 0 Å². The van der Waals surface area contributed by atoms with E-state index in [4.69, 9.17) is 0 Å². The van der Waals surface area contributed by atoms with E-state index in [9.17, 15) is 0 Å². The van der Waals surface area contributed by atoms with Crippen LogP contribution in [-0.4, -0.2) is 14.0 Å². The summed E-state index contributed by atoms with van der Waals surface area (Å²) in [5.74, 6) is 2.03. The van der Waals surface area contributed by atoms with E-state index < -0.39 is 24.2 Å². The van der Waals surface area contributed by atoms with E-state index >= 15 is 0 Å². The fraction of sp³-hybridized carbons (Fsp3) is 0.231. The first-order chi connectivity index (χ1) is 20.8. The lowest BCUT2D eigenvalue weighted by Gasteiger charge is -2.48. The number of rotatable bonds is 11. The molecule has 0 amide bonds. The van der Waals surface area contributed by atoms with E-state index in [-0.39, 0.29) is 0 Å². The van der Waals surface area contributed by atoms with Crippen LogP contribution in [0, 0.1) is 0 Å². The topological polar surface area (TPSA) is 3.24 Å². The molecule has 5 aromatic carbocycles. The molecule has 0 unspecified atom stereocenters. The van der Waals surface area contributed by atoms with Crippen molar-refractivity contribution in [3.8, 4) is 0 Å². The van der Waals surface area contributed by atoms with Gasteiger partial charge in [0, 0.05) is 13.8 Å². The Morgan fingerprint density at radius 1 is 0.488 bits per heavy atom. The van der Waals surface area contributed by atoms with Gasteiger partial charge in [0.15, 0.2) is 8.24 Å². The fourth-order valence-corrected chi connectivity index (χ4v) is 18.8. The molecule has 43 heavy (non-hydrogen) atoms. The highest BCUT2D eigenvalue weighted by molar-refractivity contribution is 7.79. The first-order valence-electron chi connectivity index (χ1n) is 15.5. The van der Waals surface area contributed by atoms with Crippen molar-refractivity contribution in [1.82, 2.24) is 0 Å². The van der Waals surface area contributed by atoms with Crippen LogP contribution < -0.4 is 25.6 Å². The highest BCUT2D eigenvalue weighted by Crippen LogP contribution is 2.53. The molecule has 0 saturated carbocycles. The van der Waals surface area contributed by atoms with Gasteiger partial charge in [0.05, 0.1) is 0 Å². The molecule has 0 aliphatic rings. The molecular weight excluding hydrogens is 572 g/mol. The molecule has 0 saturated heterocycles. The van der Waals surface area contributed by atoms with Gasteiger partial charge in [-0.3, -0.25) is 0 Å². The maximum Gasteiger partial charge on any atom is 0.160 e. The van der Waals surface area contributed by atoms with Gasteiger partial charge in [0.25, 0.3) is 0 Å². The van der Waals surface area contributed by atoms with Crippen molar-refractivity contribution in [2.45, 2.75) is 52.6 Å². The summed E-state index contributed by atoms with van der Waals surface area (Å²) >= 11 is 0. The van der Waals surface area contributed by atoms with Crippen molar-refractivity contribution in [3.05, 3.63) is 151 Å². The first kappa shape index (κ1) is 31.4. The summed E-state index contributed by atoms with van der Waals surface area (Å²) in [7, 11) is -3.56. The van der Waals surface area contributed by atoms with Gasteiger partial charge in [-0.15, -0.1) is 0 Å². The molecular formula is C39H45NP2Si. The lowest BCUT2D eigenvalue weighted by molar-refractivity contribution is 0.835. The molecule has 0 aliphatic carbocycles. The van der Waals surface area contributed by atoms with Crippen LogP contribution in [-0.2, 0) is 0 Å². The Morgan fingerprint density at radius 2 is 0.837 bits per heavy atom. The van der Waals surface area contributed by atoms with Crippen LogP contribution in [0.1, 0.15) is 50.7 Å². The van der Waals surface area contributed by atoms with Crippen LogP contribution in [0.15, 0.2) is 140 Å². The summed E-state index contributed by atoms with van der Waals surface area (Å²) in [5, 5.41) is 5.77. The molecule has 0 fully saturated rings. The standard InChI is InChI=1S/C39H45NP2Si/c1-31(2)37-28-19-29-38(32(3)4)39(37)40(42(35-24-15-9-16-25-35)36-26-17-10-18-27-36)43(5,6)30-41(33-20-11-7-12-21-33)34-22-13-8-14-23-34/h7-29,31-32H,30H2,1-6H3. The maximum absolute atomic E-state index is 3.01. The molecule has 0 aliphatic heterocycles. The van der Waals surface area contributed by atoms with E-state index in [2.05, 4.69) is 185 Å². The molecule has 5 aromatic rings. The zero-order valence-electron chi connectivity index (χ0n) is 26.5. The Morgan fingerprint density at radius 3 is 1.19 bits per heavy atom. The molecule has 0 aromatic heterocycles. The number of anilines is 1. The Kier molecular flexibility index (Phi) is 10.4. The Labute approximate surface area is 263 Å². The van der Waals surface area contributed by atoms with E-state index in [1.54, 1.807) is 0 Å². The second-order valence-corrected chi connectivity index (χ2v) is 22.1. The lowest BCUT2D eigenvalue weighted by Crippen LogP contribution is -2.53. The predicted molar refractivity (Wildman–Crippen MR) is 198 cm³/mol. The van der Waals surface area contributed by atoms with Gasteiger partial charge >= 0.3 is 0 Å². The Hall–Kier alpha value is -3.02. The van der Waals surface area contributed by atoms with Gasteiger partial charge in [-0.25, -0.2) is 0 Å². The first-order valence-corrected chi connectivity index (χ1v) is 21.5. The molecule has 0 N–H and O–H groups in total. The lowest BCUT2D eigenvalue weighted by atomic mass is 9.93. The number of para-hydroxylation sites is 1. The smallest absolute Gasteiger partial charge is 0.160 e. The Balaban J connectivity index is 1.79. The largest absolute Gasteiger partial charge is 0.370 e. The minimum absolute atomic E-state index is 0.425. The normalized spacial score (nSPS) is 12.0. The second-order valence-electron chi connectivity index (χ2n) is 12.5. The van der Waals surface area contributed by atoms with Crippen LogP contribution in [0.25, 0.3) is 0 Å². The van der Waals surface area contributed by atoms with E-state index in [1.807, 2.05) is 0 Å². The summed E-state index contributed by atoms with van der Waals surface area (Å²) in [6.07, 6.45) is 0. The zero-order valence-corrected chi connectivity index (χ0v) is 29.3. The van der Waals surface area contributed by atoms with Gasteiger partial charge in [0.1, 0.15) is 0 Å². The van der Waals surface area contributed by atoms with E-state index in [0.29, 0.717) is 11.8 Å². The van der Waals surface area contributed by atoms with Crippen molar-refractivity contribution >= 4 is 51.1 Å². The third-order valence-electron chi connectivity index (χ3n) is 8.01. The highest BCUT2D eigenvalue weighted by atomic mass is 31.1. The van der Waals surface area contributed by atoms with Crippen LogP contribution in [0.5, 0.6) is 0 Å². The molecule has 220 valence electrons. The minimum Gasteiger partial charge on any atom is -0.370 e. The van der Waals surface area contributed by atoms with Crippen molar-refractivity contribution in [2.75, 3.05) is 10.1 Å². The van der Waals surface area contributed by atoms with Gasteiger partial charge in [-0.1, -0.05) is 180 Å². The van der Waals surface area contributed by atoms with Gasteiger partial charge in [0.2, 0.25) is 0 Å². The molecule has 0 atom stereocenters. The molecule has 0 spiro atoms. The van der Waals surface area contributed by atoms with Crippen LogP contribution >= 0.6 is 16.0 Å². The summed E-state index contributed by atoms with van der Waals surface area (Å²) in [4.78, 5) is 0. The molecule has 4 heteroatoms. The molecule has 0 heterocycles. The van der Waals surface area contributed by atoms with Crippen LogP contribution in [0.3, 0.4) is 0 Å². The number of hydrogen-bond donors (Lipinski definition) is 0. The molecule has 5 rings (SSSR count). The predicted octanol–water partition coefficient (Wildman–Crippen LogP) is 9.66. The van der Waals surface area contributed by atoms with Crippen molar-refractivity contribution in [3.63, 3.8) is 0 Å². The third kappa shape index (κ3) is 7.21. The second kappa shape index (κ2) is 14.2. The van der Waals surface area contributed by atoms with Crippen LogP contribution in [0.2, 0.25) is 13.1 Å². The fourth-order valence-electron chi connectivity index (χ4n) is 5.95. The minimum atomic E-state index is -2.19. The van der Waals surface area contributed by atoms with E-state index in [0.717, 1.165) is 0 Å². The van der Waals surface area contributed by atoms with Gasteiger partial charge < -0.3 is 4.34 Å². The summed E-state index contributed by atoms with van der Waals surface area (Å²) < 4.78 is 3.01. The number of benzene rings is 5. The monoisotopic (exact) mass is 617 g/mol. The molecule has 0 bridgehead atoms. The average Bonchev–Trinajstić information content (AvgIpc) is 3.03. The quantitative estimate of drug-likeness (QED) is 0.105. The van der Waals surface area contributed by atoms with Crippen molar-refractivity contribution < 1.29 is 0 Å². The average molecular weight is 618 g/mol. The molecule has 0 radical (unpaired) electrons. The number of nitrogens with zero attached hydrogens (tertiary/aromatic N) is 1. The maximum atomic E-state index is 3.01. The zero-order chi connectivity index (χ0) is 30.4. The summed E-state index contributed by atoms with van der Waals surface area (Å²) in [5.41, 5.74) is 4.42. The SMILES string of the molecule is CC(C)c1cccc(C(C)C)c1N(P(c1ccccc1)c1ccccc1)[Si](C)(C)CP(c1ccccc1)c1ccccc1. The summed E-state index contributed by atoms with van der Waals surface area (Å²) in [6.45, 7) is 14.7. The Bertz CT molecular complexity index is 1470.